The van der Waals surface area contributed by atoms with Crippen LogP contribution in [-0.2, 0) is 11.3 Å². The fourth-order valence-electron chi connectivity index (χ4n) is 3.24. The SMILES string of the molecule is CC(CCc1ccc(=O)n(C2=CC(C)(C)Oc3ccc(C#N)cc32)c1)O[N+](=O)[O-]. The summed E-state index contributed by atoms with van der Waals surface area (Å²) in [7, 11) is 0. The number of nitriles is 1. The van der Waals surface area contributed by atoms with E-state index in [9.17, 15) is 20.2 Å². The largest absolute Gasteiger partial charge is 0.483 e. The Labute approximate surface area is 167 Å². The van der Waals surface area contributed by atoms with Crippen LogP contribution in [-0.4, -0.2) is 21.4 Å². The second-order valence-corrected chi connectivity index (χ2v) is 7.48. The maximum absolute atomic E-state index is 12.6. The Kier molecular flexibility index (Phi) is 5.41. The van der Waals surface area contributed by atoms with Gasteiger partial charge in [-0.1, -0.05) is 6.07 Å². The maximum Gasteiger partial charge on any atom is 0.294 e. The monoisotopic (exact) mass is 395 g/mol. The van der Waals surface area contributed by atoms with Crippen molar-refractivity contribution in [3.63, 3.8) is 0 Å². The molecule has 1 unspecified atom stereocenters. The molecule has 0 bridgehead atoms. The van der Waals surface area contributed by atoms with Crippen LogP contribution in [0.2, 0.25) is 0 Å². The van der Waals surface area contributed by atoms with E-state index in [2.05, 4.69) is 10.9 Å². The standard InChI is InChI=1S/C21H21N3O5/c1-14(29-24(26)27)4-5-15-7-9-20(25)23(13-15)18-11-21(2,3)28-19-8-6-16(12-22)10-17(18)19/h6-11,13-14H,4-5H2,1-3H3. The molecule has 0 radical (unpaired) electrons. The molecule has 2 heterocycles. The van der Waals surface area contributed by atoms with Crippen molar-refractivity contribution in [1.82, 2.24) is 4.57 Å². The van der Waals surface area contributed by atoms with Crippen molar-refractivity contribution in [1.29, 1.82) is 5.26 Å². The number of hydrogen-bond donors (Lipinski definition) is 0. The summed E-state index contributed by atoms with van der Waals surface area (Å²) >= 11 is 0. The highest BCUT2D eigenvalue weighted by Crippen LogP contribution is 2.36. The lowest BCUT2D eigenvalue weighted by molar-refractivity contribution is -0.767. The van der Waals surface area contributed by atoms with Crippen LogP contribution in [0.15, 0.2) is 47.4 Å². The number of fused-ring (bicyclic) bond motifs is 1. The van der Waals surface area contributed by atoms with Crippen LogP contribution in [0, 0.1) is 21.4 Å². The van der Waals surface area contributed by atoms with Crippen LogP contribution in [0.4, 0.5) is 0 Å². The minimum atomic E-state index is -0.801. The second kappa shape index (κ2) is 7.80. The van der Waals surface area contributed by atoms with E-state index in [0.29, 0.717) is 35.4 Å². The molecule has 1 aromatic carbocycles. The van der Waals surface area contributed by atoms with E-state index in [0.717, 1.165) is 5.56 Å². The Morgan fingerprint density at radius 1 is 1.34 bits per heavy atom. The molecule has 3 rings (SSSR count). The first-order chi connectivity index (χ1) is 13.7. The minimum absolute atomic E-state index is 0.222. The van der Waals surface area contributed by atoms with Gasteiger partial charge in [-0.3, -0.25) is 9.36 Å². The van der Waals surface area contributed by atoms with Crippen LogP contribution in [0.25, 0.3) is 5.70 Å². The number of rotatable bonds is 6. The molecule has 1 aliphatic rings. The van der Waals surface area contributed by atoms with Gasteiger partial charge >= 0.3 is 0 Å². The van der Waals surface area contributed by atoms with Crippen molar-refractivity contribution in [3.8, 4) is 11.8 Å². The third-order valence-electron chi connectivity index (χ3n) is 4.58. The van der Waals surface area contributed by atoms with Crippen molar-refractivity contribution in [2.45, 2.75) is 45.3 Å². The fraction of sp³-hybridized carbons (Fsp3) is 0.333. The third kappa shape index (κ3) is 4.63. The summed E-state index contributed by atoms with van der Waals surface area (Å²) in [6.45, 7) is 5.40. The van der Waals surface area contributed by atoms with Crippen LogP contribution in [0.5, 0.6) is 5.75 Å². The Hall–Kier alpha value is -3.60. The van der Waals surface area contributed by atoms with Gasteiger partial charge in [-0.25, -0.2) is 0 Å². The van der Waals surface area contributed by atoms with E-state index < -0.39 is 16.8 Å². The molecule has 8 heteroatoms. The van der Waals surface area contributed by atoms with Gasteiger partial charge in [0.1, 0.15) is 17.5 Å². The van der Waals surface area contributed by atoms with Crippen LogP contribution >= 0.6 is 0 Å². The summed E-state index contributed by atoms with van der Waals surface area (Å²) in [5, 5.41) is 18.9. The van der Waals surface area contributed by atoms with Crippen LogP contribution < -0.4 is 10.3 Å². The molecule has 1 aliphatic heterocycles. The first kappa shape index (κ1) is 20.1. The molecule has 0 N–H and O–H groups in total. The van der Waals surface area contributed by atoms with Crippen molar-refractivity contribution in [2.75, 3.05) is 0 Å². The lowest BCUT2D eigenvalue weighted by Crippen LogP contribution is -2.32. The smallest absolute Gasteiger partial charge is 0.294 e. The van der Waals surface area contributed by atoms with Crippen LogP contribution in [0.3, 0.4) is 0 Å². The zero-order valence-electron chi connectivity index (χ0n) is 16.4. The summed E-state index contributed by atoms with van der Waals surface area (Å²) in [6.07, 6.45) is 3.96. The quantitative estimate of drug-likeness (QED) is 0.548. The lowest BCUT2D eigenvalue weighted by Gasteiger charge is -2.31. The molecular formula is C21H21N3O5. The highest BCUT2D eigenvalue weighted by atomic mass is 17.0. The fourth-order valence-corrected chi connectivity index (χ4v) is 3.24. The van der Waals surface area contributed by atoms with Gasteiger partial charge < -0.3 is 9.57 Å². The van der Waals surface area contributed by atoms with Crippen molar-refractivity contribution >= 4 is 5.70 Å². The molecule has 0 aliphatic carbocycles. The van der Waals surface area contributed by atoms with Crippen molar-refractivity contribution < 1.29 is 14.7 Å². The molecule has 1 aromatic heterocycles. The molecule has 29 heavy (non-hydrogen) atoms. The normalized spacial score (nSPS) is 15.3. The summed E-state index contributed by atoms with van der Waals surface area (Å²) in [5.74, 6) is 0.594. The molecule has 8 nitrogen and oxygen atoms in total. The molecule has 1 atom stereocenters. The van der Waals surface area contributed by atoms with Gasteiger partial charge in [0.05, 0.1) is 17.3 Å². The summed E-state index contributed by atoms with van der Waals surface area (Å²) in [4.78, 5) is 27.6. The zero-order valence-corrected chi connectivity index (χ0v) is 16.4. The van der Waals surface area contributed by atoms with Gasteiger partial charge in [0.2, 0.25) is 0 Å². The minimum Gasteiger partial charge on any atom is -0.483 e. The van der Waals surface area contributed by atoms with Gasteiger partial charge in [-0.2, -0.15) is 5.26 Å². The van der Waals surface area contributed by atoms with Crippen molar-refractivity contribution in [2.24, 2.45) is 0 Å². The topological polar surface area (TPSA) is 107 Å². The Morgan fingerprint density at radius 2 is 2.10 bits per heavy atom. The number of nitrogens with zero attached hydrogens (tertiary/aromatic N) is 3. The summed E-state index contributed by atoms with van der Waals surface area (Å²) in [6, 6.07) is 10.4. The third-order valence-corrected chi connectivity index (χ3v) is 4.58. The molecule has 150 valence electrons. The predicted octanol–water partition coefficient (Wildman–Crippen LogP) is 3.31. The lowest BCUT2D eigenvalue weighted by atomic mass is 9.97. The number of aromatic nitrogens is 1. The highest BCUT2D eigenvalue weighted by molar-refractivity contribution is 5.74. The highest BCUT2D eigenvalue weighted by Gasteiger charge is 2.28. The average Bonchev–Trinajstić information content (AvgIpc) is 2.65. The molecule has 0 spiro atoms. The Bertz CT molecular complexity index is 1080. The van der Waals surface area contributed by atoms with E-state index in [4.69, 9.17) is 4.74 Å². The van der Waals surface area contributed by atoms with E-state index in [1.54, 1.807) is 37.4 Å². The van der Waals surface area contributed by atoms with Gasteiger partial charge in [-0.05, 0) is 63.5 Å². The summed E-state index contributed by atoms with van der Waals surface area (Å²) in [5.41, 5.74) is 1.74. The van der Waals surface area contributed by atoms with E-state index >= 15 is 0 Å². The van der Waals surface area contributed by atoms with Crippen molar-refractivity contribution in [3.05, 3.63) is 79.8 Å². The maximum atomic E-state index is 12.6. The average molecular weight is 395 g/mol. The van der Waals surface area contributed by atoms with Gasteiger partial charge in [0, 0.05) is 17.8 Å². The van der Waals surface area contributed by atoms with E-state index in [1.807, 2.05) is 19.9 Å². The van der Waals surface area contributed by atoms with Gasteiger partial charge in [0.25, 0.3) is 10.6 Å². The predicted molar refractivity (Wildman–Crippen MR) is 106 cm³/mol. The summed E-state index contributed by atoms with van der Waals surface area (Å²) < 4.78 is 7.50. The molecule has 0 fully saturated rings. The molecule has 0 saturated heterocycles. The number of aryl methyl sites for hydroxylation is 1. The molecule has 0 saturated carbocycles. The number of pyridine rings is 1. The first-order valence-corrected chi connectivity index (χ1v) is 9.18. The second-order valence-electron chi connectivity index (χ2n) is 7.48. The number of hydrogen-bond acceptors (Lipinski definition) is 6. The Balaban J connectivity index is 1.99. The Morgan fingerprint density at radius 3 is 2.79 bits per heavy atom. The number of benzene rings is 1. The molecular weight excluding hydrogens is 374 g/mol. The molecule has 0 amide bonds. The van der Waals surface area contributed by atoms with E-state index in [1.165, 1.54) is 10.6 Å². The first-order valence-electron chi connectivity index (χ1n) is 9.18. The van der Waals surface area contributed by atoms with E-state index in [-0.39, 0.29) is 5.56 Å². The van der Waals surface area contributed by atoms with Crippen LogP contribution in [0.1, 0.15) is 43.9 Å². The van der Waals surface area contributed by atoms with Gasteiger partial charge in [0.15, 0.2) is 0 Å². The van der Waals surface area contributed by atoms with Gasteiger partial charge in [-0.15, -0.1) is 10.1 Å². The number of ether oxygens (including phenoxy) is 1. The molecule has 2 aromatic rings. The zero-order chi connectivity index (χ0) is 21.2.